The third-order valence-electron chi connectivity index (χ3n) is 2.46. The first kappa shape index (κ1) is 13.8. The van der Waals surface area contributed by atoms with Crippen molar-refractivity contribution in [3.8, 4) is 5.69 Å². The highest BCUT2D eigenvalue weighted by Crippen LogP contribution is 2.30. The Labute approximate surface area is 110 Å². The highest BCUT2D eigenvalue weighted by atomic mass is 19.4. The molecule has 0 unspecified atom stereocenters. The van der Waals surface area contributed by atoms with Crippen LogP contribution in [0.3, 0.4) is 0 Å². The largest absolute Gasteiger partial charge is 0.476 e. The fraction of sp³-hybridized carbons (Fsp3) is 0.182. The van der Waals surface area contributed by atoms with Gasteiger partial charge in [0.2, 0.25) is 5.69 Å². The highest BCUT2D eigenvalue weighted by molar-refractivity contribution is 5.90. The van der Waals surface area contributed by atoms with E-state index in [9.17, 15) is 18.0 Å². The van der Waals surface area contributed by atoms with Crippen molar-refractivity contribution in [3.05, 3.63) is 35.5 Å². The van der Waals surface area contributed by atoms with Crippen LogP contribution in [0.25, 0.3) is 5.69 Å². The maximum atomic E-state index is 12.6. The molecule has 0 radical (unpaired) electrons. The first-order valence-corrected chi connectivity index (χ1v) is 5.39. The second kappa shape index (κ2) is 4.83. The number of rotatable bonds is 3. The molecule has 1 aromatic heterocycles. The van der Waals surface area contributed by atoms with Gasteiger partial charge in [-0.25, -0.2) is 4.79 Å². The maximum absolute atomic E-state index is 12.6. The van der Waals surface area contributed by atoms with E-state index in [4.69, 9.17) is 5.11 Å². The first-order chi connectivity index (χ1) is 9.32. The molecule has 0 atom stereocenters. The molecule has 0 aliphatic rings. The van der Waals surface area contributed by atoms with Crippen LogP contribution in [0.1, 0.15) is 16.1 Å². The van der Waals surface area contributed by atoms with Gasteiger partial charge in [-0.1, -0.05) is 6.07 Å². The van der Waals surface area contributed by atoms with E-state index in [0.717, 1.165) is 16.9 Å². The molecule has 106 valence electrons. The van der Waals surface area contributed by atoms with E-state index in [1.54, 1.807) is 0 Å². The number of carboxylic acids is 1. The summed E-state index contributed by atoms with van der Waals surface area (Å²) in [7, 11) is 1.44. The summed E-state index contributed by atoms with van der Waals surface area (Å²) in [6, 6.07) is 4.29. The van der Waals surface area contributed by atoms with Crippen molar-refractivity contribution in [3.63, 3.8) is 0 Å². The van der Waals surface area contributed by atoms with Crippen molar-refractivity contribution < 1.29 is 23.1 Å². The van der Waals surface area contributed by atoms with Crippen molar-refractivity contribution in [1.29, 1.82) is 0 Å². The minimum Gasteiger partial charge on any atom is -0.476 e. The number of benzene rings is 1. The number of aromatic carboxylic acids is 1. The zero-order valence-electron chi connectivity index (χ0n) is 10.1. The summed E-state index contributed by atoms with van der Waals surface area (Å²) >= 11 is 0. The molecule has 0 saturated heterocycles. The van der Waals surface area contributed by atoms with E-state index >= 15 is 0 Å². The predicted molar refractivity (Wildman–Crippen MR) is 62.9 cm³/mol. The van der Waals surface area contributed by atoms with Crippen molar-refractivity contribution in [2.45, 2.75) is 6.18 Å². The molecule has 0 bridgehead atoms. The van der Waals surface area contributed by atoms with Crippen LogP contribution < -0.4 is 5.32 Å². The van der Waals surface area contributed by atoms with Crippen molar-refractivity contribution in [2.24, 2.45) is 0 Å². The lowest BCUT2D eigenvalue weighted by atomic mass is 10.2. The van der Waals surface area contributed by atoms with Gasteiger partial charge in [-0.2, -0.15) is 13.2 Å². The smallest absolute Gasteiger partial charge is 0.416 e. The summed E-state index contributed by atoms with van der Waals surface area (Å²) in [5, 5.41) is 18.9. The maximum Gasteiger partial charge on any atom is 0.416 e. The van der Waals surface area contributed by atoms with E-state index in [1.165, 1.54) is 19.2 Å². The summed E-state index contributed by atoms with van der Waals surface area (Å²) in [5.41, 5.74) is -1.22. The molecule has 0 spiro atoms. The molecular weight excluding hydrogens is 277 g/mol. The molecular formula is C11H9F3N4O2. The fourth-order valence-electron chi connectivity index (χ4n) is 1.54. The Morgan fingerprint density at radius 3 is 2.55 bits per heavy atom. The lowest BCUT2D eigenvalue weighted by Crippen LogP contribution is -2.07. The Balaban J connectivity index is 2.49. The standard InChI is InChI=1S/C11H9F3N4O2/c1-15-9-8(10(19)20)16-18(17-9)7-4-2-3-6(5-7)11(12,13)14/h2-5H,1H3,(H,15,17)(H,19,20). The Bertz CT molecular complexity index is 651. The minimum atomic E-state index is -4.50. The molecule has 1 heterocycles. The summed E-state index contributed by atoms with van der Waals surface area (Å²) < 4.78 is 37.8. The van der Waals surface area contributed by atoms with Crippen LogP contribution >= 0.6 is 0 Å². The highest BCUT2D eigenvalue weighted by Gasteiger charge is 2.30. The van der Waals surface area contributed by atoms with Gasteiger partial charge in [-0.15, -0.1) is 15.0 Å². The van der Waals surface area contributed by atoms with Gasteiger partial charge >= 0.3 is 12.1 Å². The third kappa shape index (κ3) is 2.56. The van der Waals surface area contributed by atoms with Crippen molar-refractivity contribution in [2.75, 3.05) is 12.4 Å². The number of nitrogens with zero attached hydrogens (tertiary/aromatic N) is 3. The van der Waals surface area contributed by atoms with Crippen LogP contribution in [0.2, 0.25) is 0 Å². The number of hydrogen-bond donors (Lipinski definition) is 2. The Morgan fingerprint density at radius 2 is 2.05 bits per heavy atom. The summed E-state index contributed by atoms with van der Waals surface area (Å²) in [5.74, 6) is -1.36. The van der Waals surface area contributed by atoms with Gasteiger partial charge in [0.05, 0.1) is 11.3 Å². The number of aromatic nitrogens is 3. The fourth-order valence-corrected chi connectivity index (χ4v) is 1.54. The average Bonchev–Trinajstić information content (AvgIpc) is 2.82. The quantitative estimate of drug-likeness (QED) is 0.902. The van der Waals surface area contributed by atoms with Crippen LogP contribution in [0.15, 0.2) is 24.3 Å². The van der Waals surface area contributed by atoms with Crippen molar-refractivity contribution in [1.82, 2.24) is 15.0 Å². The van der Waals surface area contributed by atoms with Crippen LogP contribution in [-0.4, -0.2) is 33.1 Å². The average molecular weight is 286 g/mol. The van der Waals surface area contributed by atoms with Gasteiger partial charge in [0.1, 0.15) is 0 Å². The predicted octanol–water partition coefficient (Wildman–Crippen LogP) is 2.03. The number of hydrogen-bond acceptors (Lipinski definition) is 4. The van der Waals surface area contributed by atoms with Crippen molar-refractivity contribution >= 4 is 11.8 Å². The SMILES string of the molecule is CNc1nn(-c2cccc(C(F)(F)F)c2)nc1C(=O)O. The summed E-state index contributed by atoms with van der Waals surface area (Å²) in [4.78, 5) is 11.8. The van der Waals surface area contributed by atoms with E-state index in [0.29, 0.717) is 0 Å². The molecule has 6 nitrogen and oxygen atoms in total. The summed E-state index contributed by atoms with van der Waals surface area (Å²) in [6.07, 6.45) is -4.50. The number of anilines is 1. The van der Waals surface area contributed by atoms with Crippen LogP contribution in [0.4, 0.5) is 19.0 Å². The molecule has 2 aromatic rings. The van der Waals surface area contributed by atoms with E-state index in [2.05, 4.69) is 15.5 Å². The lowest BCUT2D eigenvalue weighted by Gasteiger charge is -2.07. The van der Waals surface area contributed by atoms with Gasteiger partial charge < -0.3 is 10.4 Å². The molecule has 9 heteroatoms. The topological polar surface area (TPSA) is 80.0 Å². The normalized spacial score (nSPS) is 11.4. The zero-order chi connectivity index (χ0) is 14.9. The van der Waals surface area contributed by atoms with Gasteiger partial charge in [0.15, 0.2) is 5.82 Å². The molecule has 0 amide bonds. The third-order valence-corrected chi connectivity index (χ3v) is 2.46. The number of halogens is 3. The first-order valence-electron chi connectivity index (χ1n) is 5.39. The number of nitrogens with one attached hydrogen (secondary N) is 1. The molecule has 0 aliphatic heterocycles. The summed E-state index contributed by atoms with van der Waals surface area (Å²) in [6.45, 7) is 0. The van der Waals surface area contributed by atoms with Crippen LogP contribution in [-0.2, 0) is 6.18 Å². The molecule has 20 heavy (non-hydrogen) atoms. The number of carbonyl (C=O) groups is 1. The Kier molecular flexibility index (Phi) is 3.35. The van der Waals surface area contributed by atoms with Gasteiger partial charge in [-0.3, -0.25) is 0 Å². The van der Waals surface area contributed by atoms with Gasteiger partial charge in [0.25, 0.3) is 0 Å². The number of alkyl halides is 3. The minimum absolute atomic E-state index is 0.0174. The molecule has 0 saturated carbocycles. The van der Waals surface area contributed by atoms with Crippen LogP contribution in [0, 0.1) is 0 Å². The van der Waals surface area contributed by atoms with Gasteiger partial charge in [-0.05, 0) is 18.2 Å². The second-order valence-corrected chi connectivity index (χ2v) is 3.79. The monoisotopic (exact) mass is 286 g/mol. The Hall–Kier alpha value is -2.58. The molecule has 2 rings (SSSR count). The van der Waals surface area contributed by atoms with E-state index in [1.807, 2.05) is 0 Å². The molecule has 0 fully saturated rings. The number of carboxylic acid groups (broad SMARTS) is 1. The lowest BCUT2D eigenvalue weighted by molar-refractivity contribution is -0.137. The second-order valence-electron chi connectivity index (χ2n) is 3.79. The molecule has 1 aromatic carbocycles. The van der Waals surface area contributed by atoms with Gasteiger partial charge in [0, 0.05) is 7.05 Å². The molecule has 2 N–H and O–H groups in total. The van der Waals surface area contributed by atoms with Crippen LogP contribution in [0.5, 0.6) is 0 Å². The van der Waals surface area contributed by atoms with E-state index in [-0.39, 0.29) is 17.2 Å². The van der Waals surface area contributed by atoms with E-state index < -0.39 is 17.7 Å². The Morgan fingerprint density at radius 1 is 1.35 bits per heavy atom. The zero-order valence-corrected chi connectivity index (χ0v) is 10.1. The molecule has 0 aliphatic carbocycles.